The third-order valence-corrected chi connectivity index (χ3v) is 6.89. The van der Waals surface area contributed by atoms with Gasteiger partial charge in [0, 0.05) is 25.7 Å². The lowest BCUT2D eigenvalue weighted by Crippen LogP contribution is -2.52. The Hall–Kier alpha value is -3.44. The molecule has 11 heteroatoms. The quantitative estimate of drug-likeness (QED) is 0.408. The molecule has 2 heterocycles. The van der Waals surface area contributed by atoms with Crippen molar-refractivity contribution in [3.63, 3.8) is 0 Å². The van der Waals surface area contributed by atoms with Crippen molar-refractivity contribution in [3.05, 3.63) is 71.6 Å². The summed E-state index contributed by atoms with van der Waals surface area (Å²) in [6.45, 7) is 7.31. The lowest BCUT2D eigenvalue weighted by atomic mass is 9.84. The summed E-state index contributed by atoms with van der Waals surface area (Å²) in [5.41, 5.74) is 6.19. The van der Waals surface area contributed by atoms with E-state index in [-0.39, 0.29) is 36.9 Å². The third kappa shape index (κ3) is 7.00. The largest absolute Gasteiger partial charge is 0.378 e. The molecule has 8 nitrogen and oxygen atoms in total. The lowest BCUT2D eigenvalue weighted by Gasteiger charge is -2.42. The van der Waals surface area contributed by atoms with E-state index in [2.05, 4.69) is 5.10 Å². The summed E-state index contributed by atoms with van der Waals surface area (Å²) in [5, 5.41) is 4.62. The number of ether oxygens (including phenoxy) is 1. The Kier molecular flexibility index (Phi) is 9.47. The Balaban J connectivity index is 1.85. The van der Waals surface area contributed by atoms with Crippen LogP contribution in [-0.2, 0) is 11.3 Å². The summed E-state index contributed by atoms with van der Waals surface area (Å²) in [6, 6.07) is 11.0. The number of hydrogen-bond acceptors (Lipinski definition) is 5. The maximum atomic E-state index is 14.8. The molecule has 4 rings (SSSR count). The second-order valence-electron chi connectivity index (χ2n) is 11.1. The number of alkyl halides is 1. The molecule has 1 aliphatic heterocycles. The highest BCUT2D eigenvalue weighted by atomic mass is 19.1. The molecule has 0 unspecified atom stereocenters. The van der Waals surface area contributed by atoms with Crippen LogP contribution in [0, 0.1) is 17.0 Å². The number of benzene rings is 2. The molecule has 0 aliphatic carbocycles. The van der Waals surface area contributed by atoms with Crippen molar-refractivity contribution < 1.29 is 22.7 Å². The van der Waals surface area contributed by atoms with E-state index in [0.717, 1.165) is 23.8 Å². The summed E-state index contributed by atoms with van der Waals surface area (Å²) in [5.74, 6) is -0.858. The van der Waals surface area contributed by atoms with Crippen LogP contribution >= 0.6 is 0 Å². The number of morpholine rings is 1. The number of amides is 2. The van der Waals surface area contributed by atoms with Crippen molar-refractivity contribution in [1.29, 1.82) is 0 Å². The van der Waals surface area contributed by atoms with Crippen LogP contribution in [0.15, 0.2) is 48.5 Å². The first-order valence-electron chi connectivity index (χ1n) is 13.5. The van der Waals surface area contributed by atoms with E-state index in [0.29, 0.717) is 32.1 Å². The Labute approximate surface area is 232 Å². The zero-order valence-electron chi connectivity index (χ0n) is 23.2. The van der Waals surface area contributed by atoms with Gasteiger partial charge in [-0.15, -0.1) is 0 Å². The standard InChI is InChI=1S/C29H37F3N6O2/c1-29(2,3)25(37(12-11-22(33)18-30)28(39)36-13-15-40-16-14-36)27-34-26(23-17-21(31)9-10-24(23)32)35-38(27)19-20-7-5-4-6-8-20/h4-10,17,22,25H,11-16,18-19,33H2,1-3H3/t22-,25+/m1/s1. The van der Waals surface area contributed by atoms with Crippen molar-refractivity contribution in [3.8, 4) is 11.4 Å². The minimum atomic E-state index is -0.736. The molecule has 216 valence electrons. The van der Waals surface area contributed by atoms with Gasteiger partial charge >= 0.3 is 6.03 Å². The Morgan fingerprint density at radius 2 is 1.82 bits per heavy atom. The molecule has 40 heavy (non-hydrogen) atoms. The van der Waals surface area contributed by atoms with Gasteiger partial charge in [-0.05, 0) is 35.6 Å². The molecule has 1 aliphatic rings. The Morgan fingerprint density at radius 1 is 1.12 bits per heavy atom. The van der Waals surface area contributed by atoms with E-state index >= 15 is 0 Å². The summed E-state index contributed by atoms with van der Waals surface area (Å²) < 4.78 is 49.4. The number of carbonyl (C=O) groups is 1. The second-order valence-corrected chi connectivity index (χ2v) is 11.1. The van der Waals surface area contributed by atoms with Gasteiger partial charge in [0.15, 0.2) is 11.6 Å². The maximum absolute atomic E-state index is 14.8. The van der Waals surface area contributed by atoms with E-state index < -0.39 is 35.8 Å². The number of urea groups is 1. The fourth-order valence-electron chi connectivity index (χ4n) is 4.86. The summed E-state index contributed by atoms with van der Waals surface area (Å²) in [7, 11) is 0. The summed E-state index contributed by atoms with van der Waals surface area (Å²) >= 11 is 0. The molecule has 0 spiro atoms. The highest BCUT2D eigenvalue weighted by molar-refractivity contribution is 5.75. The van der Waals surface area contributed by atoms with Crippen LogP contribution in [0.4, 0.5) is 18.0 Å². The second kappa shape index (κ2) is 12.8. The lowest BCUT2D eigenvalue weighted by molar-refractivity contribution is 0.0275. The molecule has 1 aromatic heterocycles. The van der Waals surface area contributed by atoms with Gasteiger partial charge in [0.25, 0.3) is 0 Å². The van der Waals surface area contributed by atoms with Gasteiger partial charge in [-0.2, -0.15) is 5.10 Å². The molecular weight excluding hydrogens is 521 g/mol. The highest BCUT2D eigenvalue weighted by Gasteiger charge is 2.40. The van der Waals surface area contributed by atoms with Crippen molar-refractivity contribution in [2.75, 3.05) is 39.5 Å². The van der Waals surface area contributed by atoms with Gasteiger partial charge < -0.3 is 20.3 Å². The van der Waals surface area contributed by atoms with Crippen LogP contribution in [-0.4, -0.2) is 76.2 Å². The summed E-state index contributed by atoms with van der Waals surface area (Å²) in [4.78, 5) is 22.1. The minimum Gasteiger partial charge on any atom is -0.378 e. The molecule has 0 bridgehead atoms. The van der Waals surface area contributed by atoms with Gasteiger partial charge in [-0.1, -0.05) is 51.1 Å². The van der Waals surface area contributed by atoms with E-state index in [9.17, 15) is 18.0 Å². The number of carbonyl (C=O) groups excluding carboxylic acids is 1. The Bertz CT molecular complexity index is 1270. The van der Waals surface area contributed by atoms with E-state index in [1.807, 2.05) is 51.1 Å². The third-order valence-electron chi connectivity index (χ3n) is 6.89. The van der Waals surface area contributed by atoms with Gasteiger partial charge in [0.05, 0.1) is 31.4 Å². The van der Waals surface area contributed by atoms with E-state index in [4.69, 9.17) is 15.5 Å². The van der Waals surface area contributed by atoms with Crippen LogP contribution in [0.2, 0.25) is 0 Å². The number of aromatic nitrogens is 3. The number of nitrogens with zero attached hydrogens (tertiary/aromatic N) is 5. The van der Waals surface area contributed by atoms with Gasteiger partial charge in [0.2, 0.25) is 0 Å². The zero-order valence-corrected chi connectivity index (χ0v) is 23.2. The van der Waals surface area contributed by atoms with Crippen LogP contribution in [0.1, 0.15) is 44.6 Å². The molecule has 0 radical (unpaired) electrons. The number of hydrogen-bond donors (Lipinski definition) is 1. The molecule has 1 saturated heterocycles. The molecule has 0 saturated carbocycles. The molecule has 2 atom stereocenters. The zero-order chi connectivity index (χ0) is 28.9. The fraction of sp³-hybridized carbons (Fsp3) is 0.483. The van der Waals surface area contributed by atoms with Crippen molar-refractivity contribution in [2.24, 2.45) is 11.1 Å². The predicted molar refractivity (Wildman–Crippen MR) is 146 cm³/mol. The minimum absolute atomic E-state index is 0.0106. The molecule has 1 fully saturated rings. The number of halogens is 3. The fourth-order valence-corrected chi connectivity index (χ4v) is 4.86. The van der Waals surface area contributed by atoms with Crippen LogP contribution in [0.25, 0.3) is 11.4 Å². The molecular formula is C29H37F3N6O2. The van der Waals surface area contributed by atoms with E-state index in [1.54, 1.807) is 14.5 Å². The topological polar surface area (TPSA) is 89.5 Å². The first-order chi connectivity index (χ1) is 19.1. The maximum Gasteiger partial charge on any atom is 0.320 e. The van der Waals surface area contributed by atoms with Crippen molar-refractivity contribution >= 4 is 6.03 Å². The first kappa shape index (κ1) is 29.5. The average molecular weight is 559 g/mol. The normalized spacial score (nSPS) is 15.6. The Morgan fingerprint density at radius 3 is 2.48 bits per heavy atom. The number of rotatable bonds is 9. The highest BCUT2D eigenvalue weighted by Crippen LogP contribution is 2.39. The van der Waals surface area contributed by atoms with Crippen LogP contribution in [0.3, 0.4) is 0 Å². The van der Waals surface area contributed by atoms with Gasteiger partial charge in [0.1, 0.15) is 18.3 Å². The predicted octanol–water partition coefficient (Wildman–Crippen LogP) is 4.80. The summed E-state index contributed by atoms with van der Waals surface area (Å²) in [6.07, 6.45) is 0.233. The van der Waals surface area contributed by atoms with Gasteiger partial charge in [-0.3, -0.25) is 0 Å². The van der Waals surface area contributed by atoms with Crippen LogP contribution < -0.4 is 5.73 Å². The van der Waals surface area contributed by atoms with E-state index in [1.165, 1.54) is 0 Å². The SMILES string of the molecule is CC(C)(C)[C@H](c1nc(-c2cc(F)ccc2F)nn1Cc1ccccc1)N(CC[C@@H](N)CF)C(=O)N1CCOCC1. The van der Waals surface area contributed by atoms with Gasteiger partial charge in [-0.25, -0.2) is 27.6 Å². The first-order valence-corrected chi connectivity index (χ1v) is 13.5. The molecule has 2 amide bonds. The molecule has 3 aromatic rings. The van der Waals surface area contributed by atoms with Crippen molar-refractivity contribution in [2.45, 2.75) is 45.8 Å². The van der Waals surface area contributed by atoms with Crippen LogP contribution in [0.5, 0.6) is 0 Å². The molecule has 2 aromatic carbocycles. The average Bonchev–Trinajstić information content (AvgIpc) is 3.34. The molecule has 2 N–H and O–H groups in total. The monoisotopic (exact) mass is 558 g/mol. The van der Waals surface area contributed by atoms with Crippen molar-refractivity contribution in [1.82, 2.24) is 24.6 Å². The smallest absolute Gasteiger partial charge is 0.320 e. The number of nitrogens with two attached hydrogens (primary N) is 1.